The summed E-state index contributed by atoms with van der Waals surface area (Å²) in [4.78, 5) is 16.5. The van der Waals surface area contributed by atoms with Crippen molar-refractivity contribution in [3.63, 3.8) is 0 Å². The molecule has 0 atom stereocenters. The molecule has 6 heteroatoms. The highest BCUT2D eigenvalue weighted by atomic mass is 16.5. The Bertz CT molecular complexity index is 447. The third-order valence-electron chi connectivity index (χ3n) is 4.08. The Balaban J connectivity index is 1.60. The average Bonchev–Trinajstić information content (AvgIpc) is 2.59. The lowest BCUT2D eigenvalue weighted by molar-refractivity contribution is -0.146. The monoisotopic (exact) mass is 306 g/mol. The molecule has 1 aliphatic rings. The van der Waals surface area contributed by atoms with E-state index in [-0.39, 0.29) is 5.91 Å². The van der Waals surface area contributed by atoms with Crippen LogP contribution in [0.2, 0.25) is 0 Å². The fourth-order valence-corrected chi connectivity index (χ4v) is 2.65. The summed E-state index contributed by atoms with van der Waals surface area (Å²) >= 11 is 0. The lowest BCUT2D eigenvalue weighted by Crippen LogP contribution is -2.54. The summed E-state index contributed by atoms with van der Waals surface area (Å²) in [5.74, 6) is 0.911. The first-order valence-electron chi connectivity index (χ1n) is 7.96. The molecule has 0 aromatic carbocycles. The van der Waals surface area contributed by atoms with E-state index in [1.54, 1.807) is 13.3 Å². The van der Waals surface area contributed by atoms with Crippen LogP contribution in [-0.4, -0.2) is 49.8 Å². The molecule has 0 aliphatic carbocycles. The van der Waals surface area contributed by atoms with E-state index in [4.69, 9.17) is 4.74 Å². The number of unbranched alkanes of at least 4 members (excludes halogenated alkanes) is 1. The van der Waals surface area contributed by atoms with E-state index in [0.29, 0.717) is 6.54 Å². The van der Waals surface area contributed by atoms with Crippen molar-refractivity contribution >= 4 is 11.7 Å². The molecule has 0 radical (unpaired) electrons. The largest absolute Gasteiger partial charge is 0.370 e. The zero-order valence-electron chi connectivity index (χ0n) is 13.2. The van der Waals surface area contributed by atoms with Crippen molar-refractivity contribution in [2.24, 2.45) is 0 Å². The van der Waals surface area contributed by atoms with Gasteiger partial charge in [-0.2, -0.15) is 0 Å². The number of anilines is 1. The van der Waals surface area contributed by atoms with Gasteiger partial charge in [0.1, 0.15) is 11.4 Å². The van der Waals surface area contributed by atoms with Gasteiger partial charge < -0.3 is 20.7 Å². The van der Waals surface area contributed by atoms with Crippen LogP contribution in [0, 0.1) is 0 Å². The standard InChI is InChI=1S/C16H26N4O2/c1-22-16(7-12-17-13-8-16)15(21)20-11-5-4-10-19-14-6-2-3-9-18-14/h2-3,6,9,17H,4-5,7-8,10-13H2,1H3,(H,18,19)(H,20,21). The SMILES string of the molecule is COC1(C(=O)NCCCCNc2ccccn2)CCNCC1. The lowest BCUT2D eigenvalue weighted by atomic mass is 9.91. The van der Waals surface area contributed by atoms with E-state index >= 15 is 0 Å². The van der Waals surface area contributed by atoms with Crippen molar-refractivity contribution in [2.75, 3.05) is 38.6 Å². The van der Waals surface area contributed by atoms with Crippen LogP contribution >= 0.6 is 0 Å². The number of rotatable bonds is 8. The molecule has 6 nitrogen and oxygen atoms in total. The van der Waals surface area contributed by atoms with Gasteiger partial charge in [-0.25, -0.2) is 4.98 Å². The van der Waals surface area contributed by atoms with Crippen LogP contribution in [0.15, 0.2) is 24.4 Å². The van der Waals surface area contributed by atoms with Crippen LogP contribution in [-0.2, 0) is 9.53 Å². The van der Waals surface area contributed by atoms with Gasteiger partial charge in [-0.05, 0) is 50.9 Å². The Morgan fingerprint density at radius 1 is 1.32 bits per heavy atom. The van der Waals surface area contributed by atoms with Crippen LogP contribution in [0.25, 0.3) is 0 Å². The summed E-state index contributed by atoms with van der Waals surface area (Å²) in [6.45, 7) is 3.19. The second-order valence-corrected chi connectivity index (χ2v) is 5.55. The predicted octanol–water partition coefficient (Wildman–Crippen LogP) is 1.16. The van der Waals surface area contributed by atoms with Crippen LogP contribution in [0.5, 0.6) is 0 Å². The van der Waals surface area contributed by atoms with E-state index < -0.39 is 5.60 Å². The highest BCUT2D eigenvalue weighted by Crippen LogP contribution is 2.22. The third-order valence-corrected chi connectivity index (χ3v) is 4.08. The van der Waals surface area contributed by atoms with Gasteiger partial charge in [0.25, 0.3) is 5.91 Å². The molecule has 122 valence electrons. The molecule has 2 heterocycles. The zero-order valence-corrected chi connectivity index (χ0v) is 13.2. The Hall–Kier alpha value is -1.66. The highest BCUT2D eigenvalue weighted by Gasteiger charge is 2.39. The number of hydrogen-bond donors (Lipinski definition) is 3. The zero-order chi connectivity index (χ0) is 15.7. The van der Waals surface area contributed by atoms with E-state index in [2.05, 4.69) is 20.9 Å². The predicted molar refractivity (Wildman–Crippen MR) is 86.8 cm³/mol. The minimum absolute atomic E-state index is 0.0224. The topological polar surface area (TPSA) is 75.3 Å². The molecule has 1 fully saturated rings. The van der Waals surface area contributed by atoms with E-state index in [1.165, 1.54) is 0 Å². The summed E-state index contributed by atoms with van der Waals surface area (Å²) in [6, 6.07) is 5.80. The van der Waals surface area contributed by atoms with Crippen LogP contribution in [0.4, 0.5) is 5.82 Å². The van der Waals surface area contributed by atoms with Gasteiger partial charge in [0.2, 0.25) is 0 Å². The van der Waals surface area contributed by atoms with Gasteiger partial charge in [-0.15, -0.1) is 0 Å². The molecular formula is C16H26N4O2. The number of aromatic nitrogens is 1. The molecule has 0 bridgehead atoms. The summed E-state index contributed by atoms with van der Waals surface area (Å²) in [7, 11) is 1.63. The fraction of sp³-hybridized carbons (Fsp3) is 0.625. The maximum absolute atomic E-state index is 12.3. The Morgan fingerprint density at radius 3 is 2.77 bits per heavy atom. The van der Waals surface area contributed by atoms with Gasteiger partial charge in [0.15, 0.2) is 0 Å². The van der Waals surface area contributed by atoms with Crippen molar-refractivity contribution < 1.29 is 9.53 Å². The number of nitrogens with one attached hydrogen (secondary N) is 3. The first kappa shape index (κ1) is 16.7. The smallest absolute Gasteiger partial charge is 0.252 e. The van der Waals surface area contributed by atoms with E-state index in [1.807, 2.05) is 18.2 Å². The maximum Gasteiger partial charge on any atom is 0.252 e. The van der Waals surface area contributed by atoms with Crippen LogP contribution in [0.3, 0.4) is 0 Å². The van der Waals surface area contributed by atoms with Gasteiger partial charge in [0, 0.05) is 26.4 Å². The minimum Gasteiger partial charge on any atom is -0.370 e. The second kappa shape index (κ2) is 8.70. The number of amides is 1. The van der Waals surface area contributed by atoms with Crippen LogP contribution < -0.4 is 16.0 Å². The van der Waals surface area contributed by atoms with Gasteiger partial charge in [-0.1, -0.05) is 6.07 Å². The number of ether oxygens (including phenoxy) is 1. The summed E-state index contributed by atoms with van der Waals surface area (Å²) in [5, 5.41) is 9.52. The van der Waals surface area contributed by atoms with E-state index in [0.717, 1.165) is 51.1 Å². The molecule has 0 spiro atoms. The van der Waals surface area contributed by atoms with Gasteiger partial charge in [-0.3, -0.25) is 4.79 Å². The number of carbonyl (C=O) groups excluding carboxylic acids is 1. The van der Waals surface area contributed by atoms with Gasteiger partial charge >= 0.3 is 0 Å². The number of pyridine rings is 1. The third kappa shape index (κ3) is 4.68. The first-order valence-corrected chi connectivity index (χ1v) is 7.96. The Labute approximate surface area is 132 Å². The lowest BCUT2D eigenvalue weighted by Gasteiger charge is -2.34. The molecule has 22 heavy (non-hydrogen) atoms. The molecule has 0 saturated carbocycles. The van der Waals surface area contributed by atoms with Crippen molar-refractivity contribution in [1.29, 1.82) is 0 Å². The molecular weight excluding hydrogens is 280 g/mol. The normalized spacial score (nSPS) is 17.0. The van der Waals surface area contributed by atoms with Gasteiger partial charge in [0.05, 0.1) is 0 Å². The van der Waals surface area contributed by atoms with Crippen molar-refractivity contribution in [2.45, 2.75) is 31.3 Å². The number of hydrogen-bond acceptors (Lipinski definition) is 5. The maximum atomic E-state index is 12.3. The molecule has 1 aliphatic heterocycles. The minimum atomic E-state index is -0.641. The quantitative estimate of drug-likeness (QED) is 0.628. The number of methoxy groups -OCH3 is 1. The van der Waals surface area contributed by atoms with Crippen molar-refractivity contribution in [3.05, 3.63) is 24.4 Å². The molecule has 1 saturated heterocycles. The summed E-state index contributed by atoms with van der Waals surface area (Å²) < 4.78 is 5.50. The average molecular weight is 306 g/mol. The van der Waals surface area contributed by atoms with Crippen molar-refractivity contribution in [3.8, 4) is 0 Å². The highest BCUT2D eigenvalue weighted by molar-refractivity contribution is 5.85. The first-order chi connectivity index (χ1) is 10.8. The number of nitrogens with zero attached hydrogens (tertiary/aromatic N) is 1. The molecule has 1 aromatic rings. The van der Waals surface area contributed by atoms with Crippen molar-refractivity contribution in [1.82, 2.24) is 15.6 Å². The molecule has 3 N–H and O–H groups in total. The Kier molecular flexibility index (Phi) is 6.61. The molecule has 0 unspecified atom stereocenters. The second-order valence-electron chi connectivity index (χ2n) is 5.55. The number of carbonyl (C=O) groups is 1. The Morgan fingerprint density at radius 2 is 2.09 bits per heavy atom. The fourth-order valence-electron chi connectivity index (χ4n) is 2.65. The number of piperidine rings is 1. The van der Waals surface area contributed by atoms with Crippen LogP contribution in [0.1, 0.15) is 25.7 Å². The van der Waals surface area contributed by atoms with E-state index in [9.17, 15) is 4.79 Å². The molecule has 2 rings (SSSR count). The molecule has 1 amide bonds. The summed E-state index contributed by atoms with van der Waals surface area (Å²) in [6.07, 6.45) is 5.15. The molecule has 1 aromatic heterocycles. The summed E-state index contributed by atoms with van der Waals surface area (Å²) in [5.41, 5.74) is -0.641.